The van der Waals surface area contributed by atoms with E-state index in [0.717, 1.165) is 29.1 Å². The highest BCUT2D eigenvalue weighted by molar-refractivity contribution is 5.93. The highest BCUT2D eigenvalue weighted by Gasteiger charge is 2.51. The molecule has 1 aromatic rings. The van der Waals surface area contributed by atoms with Crippen molar-refractivity contribution in [2.75, 3.05) is 10.6 Å². The van der Waals surface area contributed by atoms with Crippen molar-refractivity contribution in [1.82, 2.24) is 0 Å². The molecule has 0 spiro atoms. The maximum absolute atomic E-state index is 12.7. The standard InChI is InChI=1S/C22H30N2O2/c1-14(2)21(26)24-19-5-3-18(4-6-19)23-20(25)13-22-10-15-7-16(11-22)9-17(8-15)12-22/h3-6,14-17H,7-13H2,1-2H3,(H,23,25)(H,24,26). The van der Waals surface area contributed by atoms with Gasteiger partial charge in [0.05, 0.1) is 0 Å². The number of benzene rings is 1. The van der Waals surface area contributed by atoms with E-state index >= 15 is 0 Å². The van der Waals surface area contributed by atoms with Gasteiger partial charge in [0.15, 0.2) is 0 Å². The van der Waals surface area contributed by atoms with Gasteiger partial charge in [-0.1, -0.05) is 13.8 Å². The fraction of sp³-hybridized carbons (Fsp3) is 0.636. The highest BCUT2D eigenvalue weighted by atomic mass is 16.2. The summed E-state index contributed by atoms with van der Waals surface area (Å²) < 4.78 is 0. The Kier molecular flexibility index (Phi) is 4.54. The van der Waals surface area contributed by atoms with Crippen LogP contribution in [0.3, 0.4) is 0 Å². The molecule has 4 saturated carbocycles. The molecule has 0 saturated heterocycles. The van der Waals surface area contributed by atoms with Gasteiger partial charge in [-0.3, -0.25) is 9.59 Å². The Labute approximate surface area is 156 Å². The van der Waals surface area contributed by atoms with Gasteiger partial charge in [-0.25, -0.2) is 0 Å². The predicted octanol–water partition coefficient (Wildman–Crippen LogP) is 4.83. The molecule has 2 N–H and O–H groups in total. The Hall–Kier alpha value is -1.84. The van der Waals surface area contributed by atoms with E-state index in [1.165, 1.54) is 38.5 Å². The van der Waals surface area contributed by atoms with Crippen LogP contribution in [-0.2, 0) is 9.59 Å². The lowest BCUT2D eigenvalue weighted by molar-refractivity contribution is -0.124. The third-order valence-electron chi connectivity index (χ3n) is 6.66. The van der Waals surface area contributed by atoms with Crippen LogP contribution in [0.5, 0.6) is 0 Å². The maximum Gasteiger partial charge on any atom is 0.226 e. The first kappa shape index (κ1) is 17.6. The molecule has 1 aromatic carbocycles. The Morgan fingerprint density at radius 3 is 1.85 bits per heavy atom. The summed E-state index contributed by atoms with van der Waals surface area (Å²) in [7, 11) is 0. The van der Waals surface area contributed by atoms with Crippen LogP contribution in [0.15, 0.2) is 24.3 Å². The van der Waals surface area contributed by atoms with Crippen molar-refractivity contribution >= 4 is 23.2 Å². The molecular weight excluding hydrogens is 324 g/mol. The molecule has 4 aliphatic rings. The minimum atomic E-state index is -0.0466. The first-order chi connectivity index (χ1) is 12.4. The zero-order valence-electron chi connectivity index (χ0n) is 15.9. The van der Waals surface area contributed by atoms with Gasteiger partial charge in [0, 0.05) is 23.7 Å². The van der Waals surface area contributed by atoms with E-state index in [9.17, 15) is 9.59 Å². The maximum atomic E-state index is 12.7. The van der Waals surface area contributed by atoms with Crippen molar-refractivity contribution in [3.8, 4) is 0 Å². The molecule has 2 amide bonds. The van der Waals surface area contributed by atoms with Crippen molar-refractivity contribution in [2.45, 2.75) is 58.8 Å². The molecule has 4 heteroatoms. The van der Waals surface area contributed by atoms with Gasteiger partial charge >= 0.3 is 0 Å². The predicted molar refractivity (Wildman–Crippen MR) is 104 cm³/mol. The zero-order valence-corrected chi connectivity index (χ0v) is 15.9. The largest absolute Gasteiger partial charge is 0.326 e. The normalized spacial score (nSPS) is 31.9. The van der Waals surface area contributed by atoms with Crippen molar-refractivity contribution in [2.24, 2.45) is 29.1 Å². The fourth-order valence-corrected chi connectivity index (χ4v) is 5.98. The van der Waals surface area contributed by atoms with E-state index in [4.69, 9.17) is 0 Å². The van der Waals surface area contributed by atoms with E-state index in [2.05, 4.69) is 10.6 Å². The van der Waals surface area contributed by atoms with Gasteiger partial charge in [0.1, 0.15) is 0 Å². The van der Waals surface area contributed by atoms with Crippen LogP contribution in [0, 0.1) is 29.1 Å². The zero-order chi connectivity index (χ0) is 18.3. The van der Waals surface area contributed by atoms with Crippen LogP contribution in [0.1, 0.15) is 58.8 Å². The lowest BCUT2D eigenvalue weighted by Gasteiger charge is -2.56. The average molecular weight is 354 g/mol. The lowest BCUT2D eigenvalue weighted by Crippen LogP contribution is -2.47. The number of hydrogen-bond donors (Lipinski definition) is 2. The van der Waals surface area contributed by atoms with Crippen LogP contribution in [-0.4, -0.2) is 11.8 Å². The van der Waals surface area contributed by atoms with Crippen molar-refractivity contribution < 1.29 is 9.59 Å². The molecule has 4 fully saturated rings. The van der Waals surface area contributed by atoms with Crippen LogP contribution in [0.4, 0.5) is 11.4 Å². The molecule has 0 atom stereocenters. The summed E-state index contributed by atoms with van der Waals surface area (Å²) in [5, 5.41) is 5.94. The second kappa shape index (κ2) is 6.71. The third-order valence-corrected chi connectivity index (χ3v) is 6.66. The monoisotopic (exact) mass is 354 g/mol. The Morgan fingerprint density at radius 1 is 0.923 bits per heavy atom. The summed E-state index contributed by atoms with van der Waals surface area (Å²) in [6, 6.07) is 7.43. The topological polar surface area (TPSA) is 58.2 Å². The van der Waals surface area contributed by atoms with E-state index < -0.39 is 0 Å². The van der Waals surface area contributed by atoms with Gasteiger partial charge < -0.3 is 10.6 Å². The molecule has 0 aromatic heterocycles. The first-order valence-electron chi connectivity index (χ1n) is 10.1. The van der Waals surface area contributed by atoms with Gasteiger partial charge in [0.25, 0.3) is 0 Å². The summed E-state index contributed by atoms with van der Waals surface area (Å²) >= 11 is 0. The molecule has 140 valence electrons. The second-order valence-corrected chi connectivity index (χ2v) is 9.36. The van der Waals surface area contributed by atoms with Crippen LogP contribution in [0.2, 0.25) is 0 Å². The molecule has 4 bridgehead atoms. The number of rotatable bonds is 5. The van der Waals surface area contributed by atoms with Gasteiger partial charge in [-0.05, 0) is 86.0 Å². The molecule has 0 radical (unpaired) electrons. The lowest BCUT2D eigenvalue weighted by atomic mass is 9.49. The minimum absolute atomic E-state index is 0.00334. The van der Waals surface area contributed by atoms with E-state index in [1.54, 1.807) is 0 Å². The first-order valence-corrected chi connectivity index (χ1v) is 10.1. The molecule has 0 heterocycles. The van der Waals surface area contributed by atoms with Crippen LogP contribution < -0.4 is 10.6 Å². The number of nitrogens with one attached hydrogen (secondary N) is 2. The minimum Gasteiger partial charge on any atom is -0.326 e. The fourth-order valence-electron chi connectivity index (χ4n) is 5.98. The van der Waals surface area contributed by atoms with Gasteiger partial charge in [0.2, 0.25) is 11.8 Å². The van der Waals surface area contributed by atoms with E-state index in [-0.39, 0.29) is 23.1 Å². The highest BCUT2D eigenvalue weighted by Crippen LogP contribution is 2.61. The van der Waals surface area contributed by atoms with Crippen LogP contribution in [0.25, 0.3) is 0 Å². The summed E-state index contributed by atoms with van der Waals surface area (Å²) in [6.45, 7) is 3.74. The molecule has 5 rings (SSSR count). The number of amides is 2. The van der Waals surface area contributed by atoms with Crippen LogP contribution >= 0.6 is 0 Å². The van der Waals surface area contributed by atoms with E-state index in [1.807, 2.05) is 38.1 Å². The third kappa shape index (κ3) is 3.65. The quantitative estimate of drug-likeness (QED) is 0.796. The summed E-state index contributed by atoms with van der Waals surface area (Å²) in [5.74, 6) is 2.72. The second-order valence-electron chi connectivity index (χ2n) is 9.36. The van der Waals surface area contributed by atoms with Gasteiger partial charge in [-0.15, -0.1) is 0 Å². The summed E-state index contributed by atoms with van der Waals surface area (Å²) in [6.07, 6.45) is 8.66. The van der Waals surface area contributed by atoms with Crippen molar-refractivity contribution in [1.29, 1.82) is 0 Å². The number of anilines is 2. The molecule has 26 heavy (non-hydrogen) atoms. The van der Waals surface area contributed by atoms with Crippen molar-refractivity contribution in [3.63, 3.8) is 0 Å². The molecule has 4 nitrogen and oxygen atoms in total. The Balaban J connectivity index is 1.34. The Morgan fingerprint density at radius 2 is 1.38 bits per heavy atom. The summed E-state index contributed by atoms with van der Waals surface area (Å²) in [4.78, 5) is 24.4. The summed E-state index contributed by atoms with van der Waals surface area (Å²) in [5.41, 5.74) is 1.84. The molecule has 0 unspecified atom stereocenters. The smallest absolute Gasteiger partial charge is 0.226 e. The Bertz CT molecular complexity index is 657. The molecule has 0 aliphatic heterocycles. The van der Waals surface area contributed by atoms with Gasteiger partial charge in [-0.2, -0.15) is 0 Å². The number of hydrogen-bond acceptors (Lipinski definition) is 2. The number of carbonyl (C=O) groups excluding carboxylic acids is 2. The SMILES string of the molecule is CC(C)C(=O)Nc1ccc(NC(=O)CC23CC4CC(CC(C4)C2)C3)cc1. The molecular formula is C22H30N2O2. The van der Waals surface area contributed by atoms with Crippen molar-refractivity contribution in [3.05, 3.63) is 24.3 Å². The number of carbonyl (C=O) groups is 2. The average Bonchev–Trinajstić information content (AvgIpc) is 2.54. The molecule has 4 aliphatic carbocycles. The van der Waals surface area contributed by atoms with E-state index in [0.29, 0.717) is 6.42 Å².